The topological polar surface area (TPSA) is 0 Å². The highest BCUT2D eigenvalue weighted by atomic mass is 13.5. The van der Waals surface area contributed by atoms with Crippen LogP contribution in [-0.4, -0.2) is 0 Å². The lowest BCUT2D eigenvalue weighted by atomic mass is 10.5. The number of rotatable bonds is 1. The third-order valence-corrected chi connectivity index (χ3v) is 0.329. The van der Waals surface area contributed by atoms with Crippen LogP contribution in [0, 0.1) is 0 Å². The molecule has 0 aromatic carbocycles. The molecule has 0 fully saturated rings. The Balaban J connectivity index is 0. The lowest BCUT2D eigenvalue weighted by Crippen LogP contribution is -1.33. The van der Waals surface area contributed by atoms with Gasteiger partial charge in [0, 0.05) is 0 Å². The van der Waals surface area contributed by atoms with Crippen molar-refractivity contribution in [3.05, 3.63) is 37.5 Å². The van der Waals surface area contributed by atoms with Gasteiger partial charge in [-0.1, -0.05) is 30.9 Å². The van der Waals surface area contributed by atoms with E-state index in [4.69, 9.17) is 0 Å². The van der Waals surface area contributed by atoms with Gasteiger partial charge in [-0.2, -0.15) is 0 Å². The number of allylic oxidation sites excluding steroid dienone is 4. The predicted molar refractivity (Wildman–Crippen MR) is 40.9 cm³/mol. The molecule has 0 N–H and O–H groups in total. The first-order valence-corrected chi connectivity index (χ1v) is 2.64. The van der Waals surface area contributed by atoms with E-state index in [0.29, 0.717) is 0 Å². The SMILES string of the molecule is C=C/C=C\C.C=CC. The second-order valence-electron chi connectivity index (χ2n) is 1.17. The van der Waals surface area contributed by atoms with Crippen molar-refractivity contribution in [2.75, 3.05) is 0 Å². The van der Waals surface area contributed by atoms with Crippen LogP contribution in [0.4, 0.5) is 0 Å². The van der Waals surface area contributed by atoms with Crippen LogP contribution in [0.25, 0.3) is 0 Å². The van der Waals surface area contributed by atoms with Crippen LogP contribution < -0.4 is 0 Å². The molecular formula is C8H14. The van der Waals surface area contributed by atoms with Gasteiger partial charge in [-0.05, 0) is 13.8 Å². The van der Waals surface area contributed by atoms with Gasteiger partial charge in [0.1, 0.15) is 0 Å². The lowest BCUT2D eigenvalue weighted by molar-refractivity contribution is 1.74. The Bertz CT molecular complexity index is 68.1. The van der Waals surface area contributed by atoms with E-state index in [1.54, 1.807) is 12.2 Å². The van der Waals surface area contributed by atoms with Crippen molar-refractivity contribution in [1.29, 1.82) is 0 Å². The first kappa shape index (κ1) is 10.3. The summed E-state index contributed by atoms with van der Waals surface area (Å²) in [7, 11) is 0. The number of hydrogen-bond donors (Lipinski definition) is 0. The van der Waals surface area contributed by atoms with Crippen LogP contribution in [0.15, 0.2) is 37.5 Å². The minimum atomic E-state index is 1.75. The molecular weight excluding hydrogens is 96.1 g/mol. The molecule has 0 unspecified atom stereocenters. The van der Waals surface area contributed by atoms with Gasteiger partial charge in [0.25, 0.3) is 0 Å². The van der Waals surface area contributed by atoms with Crippen LogP contribution in [0.3, 0.4) is 0 Å². The average molecular weight is 110 g/mol. The average Bonchev–Trinajstić information content (AvgIpc) is 1.71. The van der Waals surface area contributed by atoms with E-state index in [-0.39, 0.29) is 0 Å². The van der Waals surface area contributed by atoms with E-state index < -0.39 is 0 Å². The summed E-state index contributed by atoms with van der Waals surface area (Å²) in [5.41, 5.74) is 0. The maximum absolute atomic E-state index is 3.46. The van der Waals surface area contributed by atoms with Crippen molar-refractivity contribution in [2.45, 2.75) is 13.8 Å². The van der Waals surface area contributed by atoms with Crippen molar-refractivity contribution in [2.24, 2.45) is 0 Å². The summed E-state index contributed by atoms with van der Waals surface area (Å²) in [6.07, 6.45) is 7.33. The molecule has 0 amide bonds. The zero-order valence-electron chi connectivity index (χ0n) is 5.72. The summed E-state index contributed by atoms with van der Waals surface area (Å²) in [5.74, 6) is 0. The van der Waals surface area contributed by atoms with E-state index in [1.807, 2.05) is 26.0 Å². The molecule has 0 aromatic heterocycles. The molecule has 0 radical (unpaired) electrons. The number of hydrogen-bond acceptors (Lipinski definition) is 0. The van der Waals surface area contributed by atoms with Crippen molar-refractivity contribution < 1.29 is 0 Å². The normalized spacial score (nSPS) is 7.25. The molecule has 0 aromatic rings. The van der Waals surface area contributed by atoms with Crippen molar-refractivity contribution in [3.63, 3.8) is 0 Å². The first-order valence-electron chi connectivity index (χ1n) is 2.64. The highest BCUT2D eigenvalue weighted by Crippen LogP contribution is 1.64. The van der Waals surface area contributed by atoms with Gasteiger partial charge in [0.2, 0.25) is 0 Å². The van der Waals surface area contributed by atoms with Gasteiger partial charge < -0.3 is 0 Å². The highest BCUT2D eigenvalue weighted by Gasteiger charge is 1.42. The molecule has 0 heterocycles. The van der Waals surface area contributed by atoms with Gasteiger partial charge in [-0.15, -0.1) is 6.58 Å². The summed E-state index contributed by atoms with van der Waals surface area (Å²) < 4.78 is 0. The van der Waals surface area contributed by atoms with E-state index in [2.05, 4.69) is 13.2 Å². The Kier molecular flexibility index (Phi) is 20.9. The minimum Gasteiger partial charge on any atom is -0.103 e. The van der Waals surface area contributed by atoms with Crippen molar-refractivity contribution in [3.8, 4) is 0 Å². The fourth-order valence-corrected chi connectivity index (χ4v) is 0.136. The smallest absolute Gasteiger partial charge is 0.0467 e. The van der Waals surface area contributed by atoms with E-state index in [9.17, 15) is 0 Å². The van der Waals surface area contributed by atoms with Crippen LogP contribution in [0.2, 0.25) is 0 Å². The molecule has 0 bridgehead atoms. The lowest BCUT2D eigenvalue weighted by Gasteiger charge is -1.56. The molecule has 0 rings (SSSR count). The molecule has 0 spiro atoms. The Labute approximate surface area is 52.2 Å². The second kappa shape index (κ2) is 16.3. The molecule has 0 aliphatic rings. The summed E-state index contributed by atoms with van der Waals surface area (Å²) >= 11 is 0. The largest absolute Gasteiger partial charge is 0.103 e. The zero-order chi connectivity index (χ0) is 6.83. The summed E-state index contributed by atoms with van der Waals surface area (Å²) in [6.45, 7) is 10.7. The van der Waals surface area contributed by atoms with Crippen LogP contribution in [0.5, 0.6) is 0 Å². The Morgan fingerprint density at radius 2 is 1.50 bits per heavy atom. The minimum absolute atomic E-state index is 1.75. The van der Waals surface area contributed by atoms with E-state index in [0.717, 1.165) is 0 Å². The maximum atomic E-state index is 3.46. The van der Waals surface area contributed by atoms with Crippen molar-refractivity contribution >= 4 is 0 Å². The molecule has 0 heteroatoms. The molecule has 0 aliphatic carbocycles. The summed E-state index contributed by atoms with van der Waals surface area (Å²) in [4.78, 5) is 0. The van der Waals surface area contributed by atoms with Gasteiger partial charge in [-0.3, -0.25) is 0 Å². The third kappa shape index (κ3) is 62.5. The Hall–Kier alpha value is -0.780. The molecule has 0 atom stereocenters. The first-order chi connectivity index (χ1) is 3.83. The molecule has 46 valence electrons. The Morgan fingerprint density at radius 1 is 1.12 bits per heavy atom. The van der Waals surface area contributed by atoms with E-state index >= 15 is 0 Å². The molecule has 0 saturated carbocycles. The maximum Gasteiger partial charge on any atom is -0.0467 e. The fraction of sp³-hybridized carbons (Fsp3) is 0.250. The van der Waals surface area contributed by atoms with Crippen LogP contribution >= 0.6 is 0 Å². The zero-order valence-corrected chi connectivity index (χ0v) is 5.72. The Morgan fingerprint density at radius 3 is 1.50 bits per heavy atom. The summed E-state index contributed by atoms with van der Waals surface area (Å²) in [5, 5.41) is 0. The fourth-order valence-electron chi connectivity index (χ4n) is 0.136. The van der Waals surface area contributed by atoms with Gasteiger partial charge in [0.15, 0.2) is 0 Å². The van der Waals surface area contributed by atoms with Gasteiger partial charge in [-0.25, -0.2) is 0 Å². The van der Waals surface area contributed by atoms with Crippen LogP contribution in [0.1, 0.15) is 13.8 Å². The van der Waals surface area contributed by atoms with Gasteiger partial charge in [0.05, 0.1) is 0 Å². The van der Waals surface area contributed by atoms with Crippen molar-refractivity contribution in [1.82, 2.24) is 0 Å². The molecule has 0 nitrogen and oxygen atoms in total. The standard InChI is InChI=1S/C5H8.C3H6/c1-3-5-4-2;1-3-2/h3-5H,1H2,2H3;3H,1H2,2H3/b5-4-;. The summed E-state index contributed by atoms with van der Waals surface area (Å²) in [6, 6.07) is 0. The molecule has 0 aliphatic heterocycles. The third-order valence-electron chi connectivity index (χ3n) is 0.329. The van der Waals surface area contributed by atoms with E-state index in [1.165, 1.54) is 0 Å². The predicted octanol–water partition coefficient (Wildman–Crippen LogP) is 2.94. The molecule has 0 saturated heterocycles. The quantitative estimate of drug-likeness (QED) is 0.359. The van der Waals surface area contributed by atoms with Gasteiger partial charge >= 0.3 is 0 Å². The highest BCUT2D eigenvalue weighted by molar-refractivity contribution is 4.94. The molecule has 8 heavy (non-hydrogen) atoms. The van der Waals surface area contributed by atoms with Crippen LogP contribution in [-0.2, 0) is 0 Å². The second-order valence-corrected chi connectivity index (χ2v) is 1.17. The monoisotopic (exact) mass is 110 g/mol.